The predicted octanol–water partition coefficient (Wildman–Crippen LogP) is 3.77. The van der Waals surface area contributed by atoms with Gasteiger partial charge < -0.3 is 9.84 Å². The number of thiophene rings is 1. The first-order valence-corrected chi connectivity index (χ1v) is 6.87. The Kier molecular flexibility index (Phi) is 4.06. The molecule has 0 saturated heterocycles. The molecule has 0 aliphatic heterocycles. The molecule has 4 nitrogen and oxygen atoms in total. The molecule has 5 heteroatoms. The molecule has 102 valence electrons. The molecular weight excluding hydrogens is 274 g/mol. The zero-order chi connectivity index (χ0) is 14.7. The molecule has 1 heterocycles. The fourth-order valence-electron chi connectivity index (χ4n) is 1.74. The van der Waals surface area contributed by atoms with Crippen molar-refractivity contribution in [3.05, 3.63) is 40.8 Å². The Morgan fingerprint density at radius 3 is 2.65 bits per heavy atom. The van der Waals surface area contributed by atoms with Crippen LogP contribution in [0.1, 0.15) is 29.1 Å². The highest BCUT2D eigenvalue weighted by molar-refractivity contribution is 7.17. The van der Waals surface area contributed by atoms with Gasteiger partial charge in [-0.1, -0.05) is 0 Å². The summed E-state index contributed by atoms with van der Waals surface area (Å²) >= 11 is 1.18. The summed E-state index contributed by atoms with van der Waals surface area (Å²) in [7, 11) is 0. The quantitative estimate of drug-likeness (QED) is 0.929. The van der Waals surface area contributed by atoms with E-state index in [1.165, 1.54) is 11.3 Å². The number of aromatic carboxylic acids is 1. The third-order valence-corrected chi connectivity index (χ3v) is 3.69. The van der Waals surface area contributed by atoms with Gasteiger partial charge in [0.05, 0.1) is 11.7 Å². The van der Waals surface area contributed by atoms with Gasteiger partial charge in [-0.3, -0.25) is 0 Å². The third-order valence-electron chi connectivity index (χ3n) is 2.56. The molecule has 0 amide bonds. The molecule has 0 spiro atoms. The largest absolute Gasteiger partial charge is 0.490 e. The number of carboxylic acids is 1. The lowest BCUT2D eigenvalue weighted by molar-refractivity contribution is 0.0702. The predicted molar refractivity (Wildman–Crippen MR) is 77.2 cm³/mol. The van der Waals surface area contributed by atoms with Crippen LogP contribution in [0.4, 0.5) is 0 Å². The third kappa shape index (κ3) is 2.98. The van der Waals surface area contributed by atoms with Crippen molar-refractivity contribution < 1.29 is 14.6 Å². The maximum Gasteiger partial charge on any atom is 0.345 e. The number of carboxylic acid groups (broad SMARTS) is 1. The van der Waals surface area contributed by atoms with E-state index >= 15 is 0 Å². The second kappa shape index (κ2) is 5.76. The number of carbonyl (C=O) groups is 1. The van der Waals surface area contributed by atoms with Crippen molar-refractivity contribution in [2.24, 2.45) is 0 Å². The molecule has 20 heavy (non-hydrogen) atoms. The first kappa shape index (κ1) is 14.1. The maximum absolute atomic E-state index is 10.9. The minimum absolute atomic E-state index is 0.00620. The molecule has 0 atom stereocenters. The fraction of sp³-hybridized carbons (Fsp3) is 0.200. The van der Waals surface area contributed by atoms with Crippen molar-refractivity contribution in [2.45, 2.75) is 20.0 Å². The van der Waals surface area contributed by atoms with Gasteiger partial charge in [0.25, 0.3) is 0 Å². The monoisotopic (exact) mass is 287 g/mol. The van der Waals surface area contributed by atoms with Crippen LogP contribution in [0.5, 0.6) is 5.75 Å². The van der Waals surface area contributed by atoms with Crippen LogP contribution in [0, 0.1) is 11.3 Å². The van der Waals surface area contributed by atoms with Gasteiger partial charge in [0, 0.05) is 4.88 Å². The molecular formula is C15H13NO3S. The van der Waals surface area contributed by atoms with Gasteiger partial charge in [-0.2, -0.15) is 5.26 Å². The number of rotatable bonds is 4. The molecule has 0 bridgehead atoms. The molecule has 0 saturated carbocycles. The summed E-state index contributed by atoms with van der Waals surface area (Å²) in [5.74, 6) is -0.400. The topological polar surface area (TPSA) is 70.3 Å². The van der Waals surface area contributed by atoms with Crippen molar-refractivity contribution in [1.29, 1.82) is 5.26 Å². The minimum Gasteiger partial charge on any atom is -0.490 e. The Hall–Kier alpha value is -2.32. The Bertz CT molecular complexity index is 683. The molecule has 0 aliphatic carbocycles. The van der Waals surface area contributed by atoms with Crippen LogP contribution in [0.15, 0.2) is 30.3 Å². The average molecular weight is 287 g/mol. The molecule has 1 N–H and O–H groups in total. The molecule has 0 unspecified atom stereocenters. The van der Waals surface area contributed by atoms with Gasteiger partial charge in [0.1, 0.15) is 16.7 Å². The van der Waals surface area contributed by atoms with E-state index < -0.39 is 5.97 Å². The van der Waals surface area contributed by atoms with Gasteiger partial charge in [0.15, 0.2) is 0 Å². The van der Waals surface area contributed by atoms with Crippen LogP contribution in [0.2, 0.25) is 0 Å². The van der Waals surface area contributed by atoms with E-state index in [2.05, 4.69) is 6.07 Å². The van der Waals surface area contributed by atoms with E-state index in [1.54, 1.807) is 24.3 Å². The molecule has 2 aromatic rings. The highest BCUT2D eigenvalue weighted by Gasteiger charge is 2.11. The van der Waals surface area contributed by atoms with Crippen LogP contribution < -0.4 is 4.74 Å². The summed E-state index contributed by atoms with van der Waals surface area (Å²) in [5, 5.41) is 18.1. The van der Waals surface area contributed by atoms with Crippen LogP contribution in [-0.4, -0.2) is 17.2 Å². The lowest BCUT2D eigenvalue weighted by Gasteiger charge is -2.11. The van der Waals surface area contributed by atoms with E-state index in [4.69, 9.17) is 9.84 Å². The summed E-state index contributed by atoms with van der Waals surface area (Å²) in [5.41, 5.74) is 1.26. The Labute approximate surface area is 120 Å². The maximum atomic E-state index is 10.9. The normalized spacial score (nSPS) is 10.3. The van der Waals surface area contributed by atoms with Gasteiger partial charge in [0.2, 0.25) is 0 Å². The first-order chi connectivity index (χ1) is 9.51. The first-order valence-electron chi connectivity index (χ1n) is 6.05. The number of nitriles is 1. The second-order valence-electron chi connectivity index (χ2n) is 4.46. The summed E-state index contributed by atoms with van der Waals surface area (Å²) in [4.78, 5) is 12.0. The van der Waals surface area contributed by atoms with E-state index in [1.807, 2.05) is 19.9 Å². The van der Waals surface area contributed by atoms with E-state index in [0.717, 1.165) is 10.4 Å². The standard InChI is InChI=1S/C15H13NO3S/c1-9(2)19-12-4-3-10(7-11(12)8-16)13-5-6-14(20-13)15(17)18/h3-7,9H,1-2H3,(H,17,18). The highest BCUT2D eigenvalue weighted by atomic mass is 32.1. The number of hydrogen-bond donors (Lipinski definition) is 1. The van der Waals surface area contributed by atoms with Crippen LogP contribution in [0.25, 0.3) is 10.4 Å². The van der Waals surface area contributed by atoms with Crippen molar-refractivity contribution >= 4 is 17.3 Å². The van der Waals surface area contributed by atoms with Crippen LogP contribution >= 0.6 is 11.3 Å². The molecule has 0 fully saturated rings. The van der Waals surface area contributed by atoms with Crippen LogP contribution in [-0.2, 0) is 0 Å². The van der Waals surface area contributed by atoms with Crippen LogP contribution in [0.3, 0.4) is 0 Å². The molecule has 2 rings (SSSR count). The summed E-state index contributed by atoms with van der Waals surface area (Å²) in [6.07, 6.45) is -0.00620. The van der Waals surface area contributed by atoms with E-state index in [9.17, 15) is 10.1 Å². The lowest BCUT2D eigenvalue weighted by atomic mass is 10.1. The average Bonchev–Trinajstić information content (AvgIpc) is 2.88. The SMILES string of the molecule is CC(C)Oc1ccc(-c2ccc(C(=O)O)s2)cc1C#N. The Balaban J connectivity index is 2.38. The number of hydrogen-bond acceptors (Lipinski definition) is 4. The minimum atomic E-state index is -0.943. The lowest BCUT2D eigenvalue weighted by Crippen LogP contribution is -2.06. The Morgan fingerprint density at radius 2 is 2.10 bits per heavy atom. The molecule has 1 aromatic carbocycles. The number of benzene rings is 1. The van der Waals surface area contributed by atoms with Crippen molar-refractivity contribution in [1.82, 2.24) is 0 Å². The smallest absolute Gasteiger partial charge is 0.345 e. The number of nitrogens with zero attached hydrogens (tertiary/aromatic N) is 1. The molecule has 0 radical (unpaired) electrons. The van der Waals surface area contributed by atoms with Gasteiger partial charge in [-0.15, -0.1) is 11.3 Å². The summed E-state index contributed by atoms with van der Waals surface area (Å²) < 4.78 is 5.56. The van der Waals surface area contributed by atoms with Crippen molar-refractivity contribution in [3.63, 3.8) is 0 Å². The summed E-state index contributed by atoms with van der Waals surface area (Å²) in [6, 6.07) is 10.7. The van der Waals surface area contributed by atoms with E-state index in [-0.39, 0.29) is 11.0 Å². The second-order valence-corrected chi connectivity index (χ2v) is 5.54. The zero-order valence-corrected chi connectivity index (χ0v) is 11.9. The Morgan fingerprint density at radius 1 is 1.35 bits per heavy atom. The van der Waals surface area contributed by atoms with Gasteiger partial charge in [-0.25, -0.2) is 4.79 Å². The highest BCUT2D eigenvalue weighted by Crippen LogP contribution is 2.31. The van der Waals surface area contributed by atoms with Gasteiger partial charge >= 0.3 is 5.97 Å². The fourth-order valence-corrected chi connectivity index (χ4v) is 2.58. The van der Waals surface area contributed by atoms with E-state index in [0.29, 0.717) is 11.3 Å². The summed E-state index contributed by atoms with van der Waals surface area (Å²) in [6.45, 7) is 3.79. The van der Waals surface area contributed by atoms with Gasteiger partial charge in [-0.05, 0) is 49.7 Å². The zero-order valence-electron chi connectivity index (χ0n) is 11.1. The van der Waals surface area contributed by atoms with Crippen molar-refractivity contribution in [3.8, 4) is 22.3 Å². The molecule has 0 aliphatic rings. The number of ether oxygens (including phenoxy) is 1. The van der Waals surface area contributed by atoms with Crippen molar-refractivity contribution in [2.75, 3.05) is 0 Å². The molecule has 1 aromatic heterocycles.